The van der Waals surface area contributed by atoms with Crippen molar-refractivity contribution in [2.45, 2.75) is 11.5 Å². The summed E-state index contributed by atoms with van der Waals surface area (Å²) in [5.41, 5.74) is 0.937. The minimum absolute atomic E-state index is 0.0490. The monoisotopic (exact) mass is 259 g/mol. The molecule has 0 fully saturated rings. The van der Waals surface area contributed by atoms with Gasteiger partial charge in [0.15, 0.2) is 0 Å². The Bertz CT molecular complexity index is 593. The molecule has 0 aliphatic heterocycles. The number of benzene rings is 2. The highest BCUT2D eigenvalue weighted by atomic mass is 32.1. The third-order valence-electron chi connectivity index (χ3n) is 2.39. The van der Waals surface area contributed by atoms with E-state index in [1.807, 2.05) is 30.3 Å². The van der Waals surface area contributed by atoms with Crippen LogP contribution in [0.25, 0.3) is 4.85 Å². The van der Waals surface area contributed by atoms with Crippen molar-refractivity contribution in [3.8, 4) is 5.75 Å². The summed E-state index contributed by atoms with van der Waals surface area (Å²) in [4.78, 5) is 3.52. The third kappa shape index (κ3) is 2.82. The molecule has 0 amide bonds. The van der Waals surface area contributed by atoms with E-state index < -0.39 is 5.82 Å². The molecule has 0 N–H and O–H groups in total. The van der Waals surface area contributed by atoms with Crippen molar-refractivity contribution < 1.29 is 9.13 Å². The van der Waals surface area contributed by atoms with Crippen molar-refractivity contribution in [3.63, 3.8) is 0 Å². The molecular formula is C14H10FNOS. The first kappa shape index (κ1) is 12.5. The highest BCUT2D eigenvalue weighted by Crippen LogP contribution is 2.31. The van der Waals surface area contributed by atoms with Crippen LogP contribution in [0.1, 0.15) is 5.56 Å². The van der Waals surface area contributed by atoms with Crippen LogP contribution in [0.15, 0.2) is 47.4 Å². The average molecular weight is 259 g/mol. The fourth-order valence-electron chi connectivity index (χ4n) is 1.47. The Balaban J connectivity index is 2.16. The van der Waals surface area contributed by atoms with Crippen LogP contribution in [0.2, 0.25) is 0 Å². The van der Waals surface area contributed by atoms with Crippen LogP contribution in [-0.4, -0.2) is 0 Å². The lowest BCUT2D eigenvalue weighted by Crippen LogP contribution is -1.96. The SMILES string of the molecule is [C-]#[N+]c1cc(S)c(OCc2ccccc2)cc1F. The molecule has 0 saturated carbocycles. The Labute approximate surface area is 110 Å². The molecule has 0 radical (unpaired) electrons. The maximum absolute atomic E-state index is 13.4. The van der Waals surface area contributed by atoms with E-state index >= 15 is 0 Å². The van der Waals surface area contributed by atoms with Crippen molar-refractivity contribution in [2.75, 3.05) is 0 Å². The van der Waals surface area contributed by atoms with Gasteiger partial charge in [0.1, 0.15) is 18.2 Å². The van der Waals surface area contributed by atoms with E-state index in [9.17, 15) is 4.39 Å². The van der Waals surface area contributed by atoms with Crippen LogP contribution in [0.4, 0.5) is 10.1 Å². The largest absolute Gasteiger partial charge is 0.488 e. The minimum Gasteiger partial charge on any atom is -0.488 e. The molecular weight excluding hydrogens is 249 g/mol. The summed E-state index contributed by atoms with van der Waals surface area (Å²) in [6.45, 7) is 7.14. The van der Waals surface area contributed by atoms with Crippen LogP contribution in [0, 0.1) is 12.4 Å². The molecule has 0 saturated heterocycles. The van der Waals surface area contributed by atoms with Crippen LogP contribution in [0.5, 0.6) is 5.75 Å². The van der Waals surface area contributed by atoms with Crippen LogP contribution >= 0.6 is 12.6 Å². The standard InChI is InChI=1S/C14H10FNOS/c1-16-12-8-14(18)13(7-11(12)15)17-9-10-5-3-2-4-6-10/h2-8,18H,9H2. The van der Waals surface area contributed by atoms with E-state index in [1.54, 1.807) is 0 Å². The third-order valence-corrected chi connectivity index (χ3v) is 2.74. The number of rotatable bonds is 3. The fourth-order valence-corrected chi connectivity index (χ4v) is 1.72. The van der Waals surface area contributed by atoms with Crippen molar-refractivity contribution in [1.29, 1.82) is 0 Å². The second kappa shape index (κ2) is 5.56. The first-order chi connectivity index (χ1) is 8.70. The van der Waals surface area contributed by atoms with Gasteiger partial charge in [-0.15, -0.1) is 12.6 Å². The first-order valence-electron chi connectivity index (χ1n) is 5.27. The van der Waals surface area contributed by atoms with Crippen molar-refractivity contribution in [3.05, 3.63) is 65.3 Å². The Kier molecular flexibility index (Phi) is 3.85. The molecule has 0 heterocycles. The fraction of sp³-hybridized carbons (Fsp3) is 0.0714. The highest BCUT2D eigenvalue weighted by Gasteiger charge is 2.08. The lowest BCUT2D eigenvalue weighted by atomic mass is 10.2. The number of hydrogen-bond acceptors (Lipinski definition) is 2. The Hall–Kier alpha value is -1.99. The van der Waals surface area contributed by atoms with E-state index in [0.717, 1.165) is 5.56 Å². The molecule has 2 aromatic rings. The van der Waals surface area contributed by atoms with Crippen LogP contribution in [-0.2, 0) is 6.61 Å². The summed E-state index contributed by atoms with van der Waals surface area (Å²) in [5.74, 6) is -0.252. The zero-order valence-corrected chi connectivity index (χ0v) is 10.3. The van der Waals surface area contributed by atoms with Gasteiger partial charge in [0.25, 0.3) is 0 Å². The number of ether oxygens (including phenoxy) is 1. The van der Waals surface area contributed by atoms with Crippen molar-refractivity contribution in [2.24, 2.45) is 0 Å². The summed E-state index contributed by atoms with van der Waals surface area (Å²) in [7, 11) is 0. The number of halogens is 1. The zero-order valence-electron chi connectivity index (χ0n) is 9.43. The molecule has 0 bridgehead atoms. The molecule has 0 atom stereocenters. The molecule has 4 heteroatoms. The molecule has 18 heavy (non-hydrogen) atoms. The van der Waals surface area contributed by atoms with Gasteiger partial charge < -0.3 is 4.74 Å². The van der Waals surface area contributed by atoms with Gasteiger partial charge in [-0.25, -0.2) is 9.24 Å². The lowest BCUT2D eigenvalue weighted by molar-refractivity contribution is 0.297. The number of hydrogen-bond donors (Lipinski definition) is 1. The summed E-state index contributed by atoms with van der Waals surface area (Å²) in [6, 6.07) is 12.1. The summed E-state index contributed by atoms with van der Waals surface area (Å²) >= 11 is 4.18. The van der Waals surface area contributed by atoms with Gasteiger partial charge in [-0.2, -0.15) is 0 Å². The van der Waals surface area contributed by atoms with Gasteiger partial charge in [-0.05, 0) is 11.6 Å². The normalized spacial score (nSPS) is 9.83. The molecule has 0 unspecified atom stereocenters. The number of nitrogens with zero attached hydrogens (tertiary/aromatic N) is 1. The molecule has 2 rings (SSSR count). The van der Waals surface area contributed by atoms with E-state index in [0.29, 0.717) is 17.3 Å². The van der Waals surface area contributed by atoms with Gasteiger partial charge in [0, 0.05) is 11.0 Å². The Morgan fingerprint density at radius 1 is 1.22 bits per heavy atom. The zero-order chi connectivity index (χ0) is 13.0. The predicted molar refractivity (Wildman–Crippen MR) is 70.7 cm³/mol. The van der Waals surface area contributed by atoms with Crippen molar-refractivity contribution >= 4 is 18.3 Å². The lowest BCUT2D eigenvalue weighted by Gasteiger charge is -2.09. The molecule has 2 nitrogen and oxygen atoms in total. The van der Waals surface area contributed by atoms with Gasteiger partial charge >= 0.3 is 0 Å². The topological polar surface area (TPSA) is 13.6 Å². The quantitative estimate of drug-likeness (QED) is 0.642. The smallest absolute Gasteiger partial charge is 0.223 e. The summed E-state index contributed by atoms with van der Waals surface area (Å²) in [6.07, 6.45) is 0. The average Bonchev–Trinajstić information content (AvgIpc) is 2.40. The predicted octanol–water partition coefficient (Wildman–Crippen LogP) is 4.24. The van der Waals surface area contributed by atoms with E-state index in [4.69, 9.17) is 11.3 Å². The minimum atomic E-state index is -0.592. The summed E-state index contributed by atoms with van der Waals surface area (Å²) in [5, 5.41) is 0. The molecule has 2 aromatic carbocycles. The second-order valence-electron chi connectivity index (χ2n) is 3.66. The molecule has 0 aliphatic rings. The maximum atomic E-state index is 13.4. The van der Waals surface area contributed by atoms with Crippen molar-refractivity contribution in [1.82, 2.24) is 0 Å². The van der Waals surface area contributed by atoms with Gasteiger partial charge in [-0.3, -0.25) is 0 Å². The molecule has 90 valence electrons. The van der Waals surface area contributed by atoms with Gasteiger partial charge in [0.2, 0.25) is 5.69 Å². The van der Waals surface area contributed by atoms with E-state index in [2.05, 4.69) is 17.5 Å². The van der Waals surface area contributed by atoms with Gasteiger partial charge in [-0.1, -0.05) is 30.3 Å². The maximum Gasteiger partial charge on any atom is 0.223 e. The van der Waals surface area contributed by atoms with Crippen LogP contribution in [0.3, 0.4) is 0 Å². The Morgan fingerprint density at radius 3 is 2.61 bits per heavy atom. The number of thiol groups is 1. The van der Waals surface area contributed by atoms with Gasteiger partial charge in [0.05, 0.1) is 6.57 Å². The molecule has 0 aromatic heterocycles. The van der Waals surface area contributed by atoms with E-state index in [1.165, 1.54) is 12.1 Å². The van der Waals surface area contributed by atoms with E-state index in [-0.39, 0.29) is 5.69 Å². The first-order valence-corrected chi connectivity index (χ1v) is 5.72. The molecule has 0 aliphatic carbocycles. The molecule has 0 spiro atoms. The second-order valence-corrected chi connectivity index (χ2v) is 4.14. The Morgan fingerprint density at radius 2 is 1.94 bits per heavy atom. The van der Waals surface area contributed by atoms with Crippen LogP contribution < -0.4 is 4.74 Å². The highest BCUT2D eigenvalue weighted by molar-refractivity contribution is 7.80. The summed E-state index contributed by atoms with van der Waals surface area (Å²) < 4.78 is 18.9.